The number of hydrogen-bond donors (Lipinski definition) is 0. The second kappa shape index (κ2) is 8.99. The van der Waals surface area contributed by atoms with Crippen LogP contribution in [-0.4, -0.2) is 51.2 Å². The van der Waals surface area contributed by atoms with E-state index in [0.717, 1.165) is 24.3 Å². The van der Waals surface area contributed by atoms with Crippen molar-refractivity contribution in [1.29, 1.82) is 0 Å². The third-order valence-electron chi connectivity index (χ3n) is 5.30. The monoisotopic (exact) mass is 483 g/mol. The van der Waals surface area contributed by atoms with E-state index in [0.29, 0.717) is 4.90 Å². The molecule has 11 heteroatoms. The lowest BCUT2D eigenvalue weighted by Gasteiger charge is -2.32. The number of alkyl halides is 1. The largest absolute Gasteiger partial charge is 0.447 e. The Hall–Kier alpha value is -2.79. The lowest BCUT2D eigenvalue weighted by Crippen LogP contribution is -2.50. The molecule has 0 bridgehead atoms. The van der Waals surface area contributed by atoms with Crippen LogP contribution in [0.2, 0.25) is 0 Å². The molecule has 1 atom stereocenters. The predicted octanol–water partition coefficient (Wildman–Crippen LogP) is 2.95. The molecule has 3 rings (SSSR count). The van der Waals surface area contributed by atoms with E-state index < -0.39 is 58.1 Å². The molecule has 0 radical (unpaired) electrons. The Balaban J connectivity index is 2.17. The summed E-state index contributed by atoms with van der Waals surface area (Å²) in [5.41, 5.74) is 0. The van der Waals surface area contributed by atoms with Gasteiger partial charge in [-0.05, 0) is 30.7 Å². The SMILES string of the molecule is CCC(CC(=O)N1CCOC1=O)C(F)(S(=O)(=O)c1ccccc1)S(=O)(=O)c1ccccc1. The third-order valence-corrected chi connectivity index (χ3v) is 10.5. The molecule has 0 spiro atoms. The van der Waals surface area contributed by atoms with Crippen molar-refractivity contribution in [2.75, 3.05) is 13.2 Å². The molecule has 1 fully saturated rings. The summed E-state index contributed by atoms with van der Waals surface area (Å²) in [5.74, 6) is -2.70. The maximum absolute atomic E-state index is 16.9. The van der Waals surface area contributed by atoms with Gasteiger partial charge in [-0.2, -0.15) is 0 Å². The molecule has 2 aromatic carbocycles. The molecule has 172 valence electrons. The molecule has 2 amide bonds. The van der Waals surface area contributed by atoms with Crippen LogP contribution in [0.5, 0.6) is 0 Å². The number of carbonyl (C=O) groups is 2. The molecule has 1 aliphatic rings. The number of cyclic esters (lactones) is 1. The summed E-state index contributed by atoms with van der Waals surface area (Å²) in [5, 5.41) is 0. The van der Waals surface area contributed by atoms with Crippen LogP contribution in [0.25, 0.3) is 0 Å². The average molecular weight is 484 g/mol. The first-order valence-electron chi connectivity index (χ1n) is 9.82. The summed E-state index contributed by atoms with van der Waals surface area (Å²) in [6.07, 6.45) is -2.06. The molecule has 1 heterocycles. The van der Waals surface area contributed by atoms with Crippen molar-refractivity contribution in [2.24, 2.45) is 5.92 Å². The molecule has 0 aromatic heterocycles. The van der Waals surface area contributed by atoms with Gasteiger partial charge in [-0.1, -0.05) is 43.3 Å². The number of amides is 2. The van der Waals surface area contributed by atoms with E-state index in [1.54, 1.807) is 0 Å². The molecule has 8 nitrogen and oxygen atoms in total. The number of sulfone groups is 2. The highest BCUT2D eigenvalue weighted by molar-refractivity contribution is 8.10. The van der Waals surface area contributed by atoms with Gasteiger partial charge in [-0.25, -0.2) is 30.9 Å². The van der Waals surface area contributed by atoms with Crippen LogP contribution in [0.1, 0.15) is 19.8 Å². The lowest BCUT2D eigenvalue weighted by molar-refractivity contribution is -0.129. The second-order valence-electron chi connectivity index (χ2n) is 7.18. The highest BCUT2D eigenvalue weighted by Gasteiger charge is 2.62. The molecule has 0 saturated carbocycles. The number of nitrogens with zero attached hydrogens (tertiary/aromatic N) is 1. The van der Waals surface area contributed by atoms with Crippen LogP contribution in [0.4, 0.5) is 9.18 Å². The van der Waals surface area contributed by atoms with E-state index in [1.165, 1.54) is 43.3 Å². The Morgan fingerprint density at radius 3 is 1.84 bits per heavy atom. The quantitative estimate of drug-likeness (QED) is 0.567. The van der Waals surface area contributed by atoms with Crippen molar-refractivity contribution >= 4 is 31.7 Å². The van der Waals surface area contributed by atoms with Crippen molar-refractivity contribution in [3.8, 4) is 0 Å². The topological polar surface area (TPSA) is 115 Å². The van der Waals surface area contributed by atoms with Crippen LogP contribution in [0.15, 0.2) is 70.5 Å². The summed E-state index contributed by atoms with van der Waals surface area (Å²) in [6, 6.07) is 12.8. The van der Waals surface area contributed by atoms with Gasteiger partial charge in [0, 0.05) is 12.3 Å². The highest BCUT2D eigenvalue weighted by Crippen LogP contribution is 2.45. The fourth-order valence-electron chi connectivity index (χ4n) is 3.55. The lowest BCUT2D eigenvalue weighted by atomic mass is 10.0. The summed E-state index contributed by atoms with van der Waals surface area (Å²) in [4.78, 5) is 24.0. The molecular formula is C21H22FNO7S2. The summed E-state index contributed by atoms with van der Waals surface area (Å²) in [7, 11) is -10.3. The summed E-state index contributed by atoms with van der Waals surface area (Å²) < 4.78 is 71.6. The normalized spacial score (nSPS) is 15.9. The third kappa shape index (κ3) is 3.90. The minimum absolute atomic E-state index is 0.0488. The van der Waals surface area contributed by atoms with Crippen molar-refractivity contribution in [3.63, 3.8) is 0 Å². The van der Waals surface area contributed by atoms with Crippen LogP contribution < -0.4 is 0 Å². The van der Waals surface area contributed by atoms with E-state index in [-0.39, 0.29) is 19.6 Å². The van der Waals surface area contributed by atoms with E-state index in [2.05, 4.69) is 0 Å². The van der Waals surface area contributed by atoms with Gasteiger partial charge in [0.2, 0.25) is 25.6 Å². The number of imide groups is 1. The fourth-order valence-corrected chi connectivity index (χ4v) is 8.34. The maximum atomic E-state index is 16.9. The number of halogens is 1. The zero-order valence-corrected chi connectivity index (χ0v) is 18.8. The van der Waals surface area contributed by atoms with Gasteiger partial charge in [0.25, 0.3) is 0 Å². The number of rotatable bonds is 8. The van der Waals surface area contributed by atoms with Crippen molar-refractivity contribution < 1.29 is 35.6 Å². The van der Waals surface area contributed by atoms with Gasteiger partial charge in [-0.15, -0.1) is 0 Å². The van der Waals surface area contributed by atoms with E-state index >= 15 is 4.39 Å². The standard InChI is InChI=1S/C21H22FNO7S2/c1-2-16(15-19(24)23-13-14-30-20(23)25)21(22,31(26,27)17-9-5-3-6-10-17)32(28,29)18-11-7-4-8-12-18/h3-12,16H,2,13-15H2,1H3. The molecule has 1 aliphatic heterocycles. The zero-order chi connectivity index (χ0) is 23.6. The minimum Gasteiger partial charge on any atom is -0.447 e. The molecule has 0 N–H and O–H groups in total. The van der Waals surface area contributed by atoms with Gasteiger partial charge in [0.15, 0.2) is 0 Å². The van der Waals surface area contributed by atoms with Gasteiger partial charge >= 0.3 is 10.4 Å². The first-order chi connectivity index (χ1) is 15.1. The smallest absolute Gasteiger partial charge is 0.416 e. The number of benzene rings is 2. The van der Waals surface area contributed by atoms with Gasteiger partial charge in [0.05, 0.1) is 16.3 Å². The first-order valence-corrected chi connectivity index (χ1v) is 12.8. The van der Waals surface area contributed by atoms with Gasteiger partial charge in [0.1, 0.15) is 6.61 Å². The molecular weight excluding hydrogens is 461 g/mol. The Kier molecular flexibility index (Phi) is 6.70. The maximum Gasteiger partial charge on any atom is 0.416 e. The Bertz CT molecular complexity index is 1130. The first kappa shape index (κ1) is 23.9. The van der Waals surface area contributed by atoms with Crippen molar-refractivity contribution in [2.45, 2.75) is 33.9 Å². The molecule has 0 aliphatic carbocycles. The molecule has 1 saturated heterocycles. The summed E-state index contributed by atoms with van der Waals surface area (Å²) >= 11 is 0. The van der Waals surface area contributed by atoms with Crippen LogP contribution in [0, 0.1) is 5.92 Å². The van der Waals surface area contributed by atoms with Crippen molar-refractivity contribution in [3.05, 3.63) is 60.7 Å². The highest BCUT2D eigenvalue weighted by atomic mass is 32.3. The number of carbonyl (C=O) groups excluding carboxylic acids is 2. The van der Waals surface area contributed by atoms with E-state index in [4.69, 9.17) is 4.74 Å². The Morgan fingerprint density at radius 1 is 1.00 bits per heavy atom. The van der Waals surface area contributed by atoms with E-state index in [1.807, 2.05) is 0 Å². The molecule has 2 aromatic rings. The zero-order valence-electron chi connectivity index (χ0n) is 17.2. The average Bonchev–Trinajstić information content (AvgIpc) is 3.23. The van der Waals surface area contributed by atoms with Gasteiger partial charge in [-0.3, -0.25) is 4.79 Å². The summed E-state index contributed by atoms with van der Waals surface area (Å²) in [6.45, 7) is 1.26. The van der Waals surface area contributed by atoms with Crippen molar-refractivity contribution in [1.82, 2.24) is 4.90 Å². The predicted molar refractivity (Wildman–Crippen MR) is 113 cm³/mol. The Morgan fingerprint density at radius 2 is 1.47 bits per heavy atom. The fraction of sp³-hybridized carbons (Fsp3) is 0.333. The van der Waals surface area contributed by atoms with Crippen LogP contribution >= 0.6 is 0 Å². The van der Waals surface area contributed by atoms with Crippen LogP contribution in [-0.2, 0) is 29.2 Å². The molecule has 1 unspecified atom stereocenters. The minimum atomic E-state index is -5.14. The Labute approximate surface area is 185 Å². The second-order valence-corrected chi connectivity index (χ2v) is 11.6. The molecule has 32 heavy (non-hydrogen) atoms. The van der Waals surface area contributed by atoms with E-state index in [9.17, 15) is 26.4 Å². The number of ether oxygens (including phenoxy) is 1. The van der Waals surface area contributed by atoms with Crippen LogP contribution in [0.3, 0.4) is 0 Å². The van der Waals surface area contributed by atoms with Gasteiger partial charge < -0.3 is 4.74 Å². The number of hydrogen-bond acceptors (Lipinski definition) is 7.